The van der Waals surface area contributed by atoms with E-state index in [4.69, 9.17) is 14.2 Å². The van der Waals surface area contributed by atoms with E-state index in [9.17, 15) is 4.79 Å². The summed E-state index contributed by atoms with van der Waals surface area (Å²) in [5.74, 6) is 1.11. The van der Waals surface area contributed by atoms with Gasteiger partial charge in [0, 0.05) is 5.56 Å². The molecular weight excluding hydrogens is 334 g/mol. The van der Waals surface area contributed by atoms with Gasteiger partial charge >= 0.3 is 0 Å². The van der Waals surface area contributed by atoms with Crippen LogP contribution in [0.3, 0.4) is 0 Å². The number of benzene rings is 2. The molecule has 0 unspecified atom stereocenters. The molecule has 0 aliphatic rings. The van der Waals surface area contributed by atoms with Crippen LogP contribution in [0.2, 0.25) is 0 Å². The van der Waals surface area contributed by atoms with E-state index in [1.165, 1.54) is 4.68 Å². The standard InChI is InChI=1S/C19H21N3O4/c1-4-24-16-11-13(12-17(25-5-2)18(16)26-6-3)19(23)22-15-10-8-7-9-14(15)20-21-22/h7-12H,4-6H2,1-3H3. The van der Waals surface area contributed by atoms with Crippen molar-refractivity contribution in [1.29, 1.82) is 0 Å². The number of hydrogen-bond donors (Lipinski definition) is 0. The van der Waals surface area contributed by atoms with Crippen LogP contribution in [-0.4, -0.2) is 40.7 Å². The summed E-state index contributed by atoms with van der Waals surface area (Å²) in [6.07, 6.45) is 0. The summed E-state index contributed by atoms with van der Waals surface area (Å²) in [5, 5.41) is 8.02. The number of fused-ring (bicyclic) bond motifs is 1. The fraction of sp³-hybridized carbons (Fsp3) is 0.316. The fourth-order valence-electron chi connectivity index (χ4n) is 2.65. The lowest BCUT2D eigenvalue weighted by atomic mass is 10.1. The number of aromatic nitrogens is 3. The molecule has 0 bridgehead atoms. The minimum Gasteiger partial charge on any atom is -0.490 e. The van der Waals surface area contributed by atoms with Crippen LogP contribution in [0, 0.1) is 0 Å². The maximum Gasteiger partial charge on any atom is 0.280 e. The molecule has 3 rings (SSSR count). The molecule has 0 amide bonds. The van der Waals surface area contributed by atoms with Crippen LogP contribution in [0.5, 0.6) is 17.2 Å². The zero-order valence-electron chi connectivity index (χ0n) is 15.1. The summed E-state index contributed by atoms with van der Waals surface area (Å²) in [5.41, 5.74) is 1.68. The highest BCUT2D eigenvalue weighted by Gasteiger charge is 2.21. The summed E-state index contributed by atoms with van der Waals surface area (Å²) >= 11 is 0. The molecule has 26 heavy (non-hydrogen) atoms. The van der Waals surface area contributed by atoms with Gasteiger partial charge in [0.2, 0.25) is 5.75 Å². The third-order valence-corrected chi connectivity index (χ3v) is 3.70. The number of para-hydroxylation sites is 1. The van der Waals surface area contributed by atoms with E-state index in [2.05, 4.69) is 10.3 Å². The van der Waals surface area contributed by atoms with E-state index < -0.39 is 0 Å². The molecule has 7 heteroatoms. The van der Waals surface area contributed by atoms with E-state index >= 15 is 0 Å². The number of carbonyl (C=O) groups is 1. The molecule has 0 aliphatic carbocycles. The zero-order valence-corrected chi connectivity index (χ0v) is 15.1. The van der Waals surface area contributed by atoms with E-state index in [0.29, 0.717) is 53.7 Å². The molecular formula is C19H21N3O4. The maximum atomic E-state index is 13.0. The van der Waals surface area contributed by atoms with Crippen LogP contribution in [0.25, 0.3) is 11.0 Å². The summed E-state index contributed by atoms with van der Waals surface area (Å²) in [7, 11) is 0. The SMILES string of the molecule is CCOc1cc(C(=O)n2nnc3ccccc32)cc(OCC)c1OCC. The molecule has 0 aliphatic heterocycles. The first kappa shape index (κ1) is 17.7. The van der Waals surface area contributed by atoms with Crippen LogP contribution in [-0.2, 0) is 0 Å². The molecule has 0 radical (unpaired) electrons. The Hall–Kier alpha value is -3.09. The van der Waals surface area contributed by atoms with Crippen molar-refractivity contribution in [1.82, 2.24) is 15.0 Å². The predicted molar refractivity (Wildman–Crippen MR) is 97.2 cm³/mol. The van der Waals surface area contributed by atoms with Crippen molar-refractivity contribution in [3.8, 4) is 17.2 Å². The van der Waals surface area contributed by atoms with Gasteiger partial charge in [-0.2, -0.15) is 4.68 Å². The highest BCUT2D eigenvalue weighted by Crippen LogP contribution is 2.39. The van der Waals surface area contributed by atoms with Gasteiger partial charge in [0.1, 0.15) is 5.52 Å². The topological polar surface area (TPSA) is 75.5 Å². The second-order valence-electron chi connectivity index (χ2n) is 5.40. The van der Waals surface area contributed by atoms with E-state index in [1.54, 1.807) is 18.2 Å². The quantitative estimate of drug-likeness (QED) is 0.647. The minimum absolute atomic E-state index is 0.316. The molecule has 1 aromatic heterocycles. The van der Waals surface area contributed by atoms with Gasteiger partial charge < -0.3 is 14.2 Å². The summed E-state index contributed by atoms with van der Waals surface area (Å²) in [4.78, 5) is 13.0. The lowest BCUT2D eigenvalue weighted by molar-refractivity contribution is 0.0947. The molecule has 3 aromatic rings. The van der Waals surface area contributed by atoms with Gasteiger partial charge in [0.05, 0.1) is 25.3 Å². The average molecular weight is 355 g/mol. The van der Waals surface area contributed by atoms with Crippen molar-refractivity contribution < 1.29 is 19.0 Å². The van der Waals surface area contributed by atoms with Crippen LogP contribution in [0.15, 0.2) is 36.4 Å². The lowest BCUT2D eigenvalue weighted by Crippen LogP contribution is -2.15. The Bertz CT molecular complexity index is 893. The van der Waals surface area contributed by atoms with Gasteiger partial charge in [0.25, 0.3) is 5.91 Å². The van der Waals surface area contributed by atoms with Gasteiger partial charge in [-0.1, -0.05) is 17.3 Å². The number of nitrogens with zero attached hydrogens (tertiary/aromatic N) is 3. The third-order valence-electron chi connectivity index (χ3n) is 3.70. The number of rotatable bonds is 7. The van der Waals surface area contributed by atoms with E-state index in [-0.39, 0.29) is 5.91 Å². The van der Waals surface area contributed by atoms with Crippen LogP contribution in [0.1, 0.15) is 31.1 Å². The maximum absolute atomic E-state index is 13.0. The average Bonchev–Trinajstić information content (AvgIpc) is 3.08. The lowest BCUT2D eigenvalue weighted by Gasteiger charge is -2.16. The molecule has 0 saturated heterocycles. The van der Waals surface area contributed by atoms with Crippen molar-refractivity contribution >= 4 is 16.9 Å². The highest BCUT2D eigenvalue weighted by molar-refractivity contribution is 6.01. The Labute approximate surface area is 151 Å². The first-order chi connectivity index (χ1) is 12.7. The number of ether oxygens (including phenoxy) is 3. The summed E-state index contributed by atoms with van der Waals surface area (Å²) in [6.45, 7) is 6.96. The molecule has 136 valence electrons. The van der Waals surface area contributed by atoms with Gasteiger partial charge in [-0.05, 0) is 45.0 Å². The second kappa shape index (κ2) is 7.86. The fourth-order valence-corrected chi connectivity index (χ4v) is 2.65. The van der Waals surface area contributed by atoms with Gasteiger partial charge in [-0.15, -0.1) is 5.10 Å². The first-order valence-electron chi connectivity index (χ1n) is 8.61. The van der Waals surface area contributed by atoms with Crippen LogP contribution >= 0.6 is 0 Å². The van der Waals surface area contributed by atoms with Gasteiger partial charge in [-0.3, -0.25) is 4.79 Å². The van der Waals surface area contributed by atoms with Crippen molar-refractivity contribution in [3.63, 3.8) is 0 Å². The molecule has 0 saturated carbocycles. The Morgan fingerprint density at radius 3 is 2.19 bits per heavy atom. The minimum atomic E-state index is -0.316. The molecule has 0 spiro atoms. The number of hydrogen-bond acceptors (Lipinski definition) is 6. The second-order valence-corrected chi connectivity index (χ2v) is 5.40. The monoisotopic (exact) mass is 355 g/mol. The Morgan fingerprint density at radius 2 is 1.58 bits per heavy atom. The van der Waals surface area contributed by atoms with Gasteiger partial charge in [0.15, 0.2) is 11.5 Å². The van der Waals surface area contributed by atoms with Gasteiger partial charge in [-0.25, -0.2) is 0 Å². The zero-order chi connectivity index (χ0) is 18.5. The third kappa shape index (κ3) is 3.33. The van der Waals surface area contributed by atoms with Crippen LogP contribution in [0.4, 0.5) is 0 Å². The molecule has 0 N–H and O–H groups in total. The Morgan fingerprint density at radius 1 is 0.962 bits per heavy atom. The van der Waals surface area contributed by atoms with Crippen LogP contribution < -0.4 is 14.2 Å². The largest absolute Gasteiger partial charge is 0.490 e. The highest BCUT2D eigenvalue weighted by atomic mass is 16.5. The summed E-state index contributed by atoms with van der Waals surface area (Å²) < 4.78 is 18.3. The molecule has 7 nitrogen and oxygen atoms in total. The predicted octanol–water partition coefficient (Wildman–Crippen LogP) is 3.32. The molecule has 0 fully saturated rings. The Kier molecular flexibility index (Phi) is 5.36. The number of carbonyl (C=O) groups excluding carboxylic acids is 1. The van der Waals surface area contributed by atoms with Crippen molar-refractivity contribution in [2.45, 2.75) is 20.8 Å². The van der Waals surface area contributed by atoms with Crippen molar-refractivity contribution in [3.05, 3.63) is 42.0 Å². The molecule has 1 heterocycles. The summed E-state index contributed by atoms with van der Waals surface area (Å²) in [6, 6.07) is 10.6. The van der Waals surface area contributed by atoms with Crippen molar-refractivity contribution in [2.24, 2.45) is 0 Å². The Balaban J connectivity index is 2.09. The molecule has 0 atom stereocenters. The normalized spacial score (nSPS) is 10.7. The molecule has 2 aromatic carbocycles. The van der Waals surface area contributed by atoms with E-state index in [1.807, 2.05) is 39.0 Å². The first-order valence-corrected chi connectivity index (χ1v) is 8.61. The van der Waals surface area contributed by atoms with Crippen molar-refractivity contribution in [2.75, 3.05) is 19.8 Å². The smallest absolute Gasteiger partial charge is 0.280 e. The van der Waals surface area contributed by atoms with E-state index in [0.717, 1.165) is 0 Å².